The second-order valence-corrected chi connectivity index (χ2v) is 7.03. The first-order valence-corrected chi connectivity index (χ1v) is 9.46. The van der Waals surface area contributed by atoms with Crippen molar-refractivity contribution in [2.45, 2.75) is 18.8 Å². The average Bonchev–Trinajstić information content (AvgIpc) is 2.72. The molecule has 2 aromatic carbocycles. The van der Waals surface area contributed by atoms with Crippen molar-refractivity contribution >= 4 is 10.9 Å². The minimum atomic E-state index is -4.44. The predicted octanol–water partition coefficient (Wildman–Crippen LogP) is 4.53. The number of hydrogen-bond donors (Lipinski definition) is 0. The molecule has 0 aliphatic carbocycles. The predicted molar refractivity (Wildman–Crippen MR) is 104 cm³/mol. The molecule has 1 saturated heterocycles. The summed E-state index contributed by atoms with van der Waals surface area (Å²) >= 11 is 0. The molecule has 0 bridgehead atoms. The third-order valence-electron chi connectivity index (χ3n) is 4.93. The first-order chi connectivity index (χ1) is 14.0. The lowest BCUT2D eigenvalue weighted by molar-refractivity contribution is -0.136. The van der Waals surface area contributed by atoms with E-state index in [-0.39, 0.29) is 23.6 Å². The van der Waals surface area contributed by atoms with Crippen LogP contribution in [-0.4, -0.2) is 42.3 Å². The number of rotatable bonds is 5. The summed E-state index contributed by atoms with van der Waals surface area (Å²) in [6.07, 6.45) is -3.13. The first kappa shape index (κ1) is 19.7. The van der Waals surface area contributed by atoms with Crippen LogP contribution in [0.15, 0.2) is 60.8 Å². The summed E-state index contributed by atoms with van der Waals surface area (Å²) in [5.74, 6) is 0.331. The first-order valence-electron chi connectivity index (χ1n) is 9.46. The van der Waals surface area contributed by atoms with Gasteiger partial charge in [0.1, 0.15) is 24.0 Å². The van der Waals surface area contributed by atoms with Crippen molar-refractivity contribution in [2.24, 2.45) is 0 Å². The minimum Gasteiger partial charge on any atom is -0.489 e. The standard InChI is InChI=1S/C22H21F3N2O2/c23-22(24,25)19-8-9-20(21-18(19)7-4-10-26-21)29-15-17-14-27(11-12-28-17)13-16-5-2-1-3-6-16/h1-10,17H,11-15H2. The Morgan fingerprint density at radius 1 is 1.07 bits per heavy atom. The lowest BCUT2D eigenvalue weighted by Gasteiger charge is -2.32. The van der Waals surface area contributed by atoms with Gasteiger partial charge in [-0.1, -0.05) is 36.4 Å². The smallest absolute Gasteiger partial charge is 0.417 e. The molecule has 1 aliphatic heterocycles. The number of alkyl halides is 3. The van der Waals surface area contributed by atoms with Crippen LogP contribution in [0.2, 0.25) is 0 Å². The molecule has 1 fully saturated rings. The van der Waals surface area contributed by atoms with Crippen LogP contribution in [0.25, 0.3) is 10.9 Å². The van der Waals surface area contributed by atoms with Crippen LogP contribution in [-0.2, 0) is 17.5 Å². The molecule has 0 radical (unpaired) electrons. The molecule has 1 unspecified atom stereocenters. The van der Waals surface area contributed by atoms with E-state index in [1.54, 1.807) is 0 Å². The Hall–Kier alpha value is -2.64. The van der Waals surface area contributed by atoms with E-state index in [4.69, 9.17) is 9.47 Å². The fourth-order valence-corrected chi connectivity index (χ4v) is 3.56. The van der Waals surface area contributed by atoms with Crippen LogP contribution in [0.4, 0.5) is 13.2 Å². The Morgan fingerprint density at radius 3 is 2.69 bits per heavy atom. The highest BCUT2D eigenvalue weighted by Gasteiger charge is 2.33. The van der Waals surface area contributed by atoms with Gasteiger partial charge in [0.25, 0.3) is 0 Å². The van der Waals surface area contributed by atoms with E-state index in [1.165, 1.54) is 30.0 Å². The molecule has 0 saturated carbocycles. The fourth-order valence-electron chi connectivity index (χ4n) is 3.56. The van der Waals surface area contributed by atoms with Gasteiger partial charge in [0.05, 0.1) is 12.2 Å². The Kier molecular flexibility index (Phi) is 5.69. The molecule has 0 spiro atoms. The van der Waals surface area contributed by atoms with Crippen LogP contribution in [0.5, 0.6) is 5.75 Å². The second-order valence-electron chi connectivity index (χ2n) is 7.03. The highest BCUT2D eigenvalue weighted by atomic mass is 19.4. The normalized spacial score (nSPS) is 18.1. The molecule has 4 rings (SSSR count). The van der Waals surface area contributed by atoms with Gasteiger partial charge in [-0.3, -0.25) is 9.88 Å². The van der Waals surface area contributed by atoms with E-state index >= 15 is 0 Å². The molecule has 1 atom stereocenters. The number of pyridine rings is 1. The maximum absolute atomic E-state index is 13.3. The average molecular weight is 402 g/mol. The van der Waals surface area contributed by atoms with Crippen molar-refractivity contribution in [3.05, 3.63) is 71.9 Å². The number of hydrogen-bond acceptors (Lipinski definition) is 4. The van der Waals surface area contributed by atoms with Crippen molar-refractivity contribution in [1.82, 2.24) is 9.88 Å². The van der Waals surface area contributed by atoms with Crippen LogP contribution in [0, 0.1) is 0 Å². The van der Waals surface area contributed by atoms with E-state index in [0.29, 0.717) is 18.9 Å². The third-order valence-corrected chi connectivity index (χ3v) is 4.93. The number of fused-ring (bicyclic) bond motifs is 1. The van der Waals surface area contributed by atoms with Gasteiger partial charge in [-0.05, 0) is 23.8 Å². The molecule has 2 heterocycles. The molecule has 0 N–H and O–H groups in total. The van der Waals surface area contributed by atoms with E-state index in [9.17, 15) is 13.2 Å². The zero-order valence-corrected chi connectivity index (χ0v) is 15.7. The Balaban J connectivity index is 1.44. The summed E-state index contributed by atoms with van der Waals surface area (Å²) in [7, 11) is 0. The van der Waals surface area contributed by atoms with Crippen LogP contribution < -0.4 is 4.74 Å². The van der Waals surface area contributed by atoms with Gasteiger partial charge < -0.3 is 9.47 Å². The fraction of sp³-hybridized carbons (Fsp3) is 0.318. The zero-order valence-electron chi connectivity index (χ0n) is 15.7. The molecule has 4 nitrogen and oxygen atoms in total. The Bertz CT molecular complexity index is 963. The monoisotopic (exact) mass is 402 g/mol. The molecule has 29 heavy (non-hydrogen) atoms. The van der Waals surface area contributed by atoms with Crippen molar-refractivity contribution < 1.29 is 22.6 Å². The maximum atomic E-state index is 13.3. The number of nitrogens with zero attached hydrogens (tertiary/aromatic N) is 2. The molecular weight excluding hydrogens is 381 g/mol. The minimum absolute atomic E-state index is 0.0350. The lowest BCUT2D eigenvalue weighted by Crippen LogP contribution is -2.44. The van der Waals surface area contributed by atoms with Gasteiger partial charge in [-0.2, -0.15) is 13.2 Å². The van der Waals surface area contributed by atoms with Crippen LogP contribution >= 0.6 is 0 Å². The molecule has 3 aromatic rings. The summed E-state index contributed by atoms with van der Waals surface area (Å²) < 4.78 is 51.4. The van der Waals surface area contributed by atoms with Gasteiger partial charge in [0.2, 0.25) is 0 Å². The largest absolute Gasteiger partial charge is 0.489 e. The summed E-state index contributed by atoms with van der Waals surface area (Å²) in [5, 5.41) is 0.0350. The van der Waals surface area contributed by atoms with Gasteiger partial charge in [-0.25, -0.2) is 0 Å². The lowest BCUT2D eigenvalue weighted by atomic mass is 10.1. The van der Waals surface area contributed by atoms with Gasteiger partial charge >= 0.3 is 6.18 Å². The quantitative estimate of drug-likeness (QED) is 0.628. The summed E-state index contributed by atoms with van der Waals surface area (Å²) in [6.45, 7) is 3.19. The van der Waals surface area contributed by atoms with Crippen LogP contribution in [0.3, 0.4) is 0 Å². The number of ether oxygens (including phenoxy) is 2. The zero-order chi connectivity index (χ0) is 20.3. The SMILES string of the molecule is FC(F)(F)c1ccc(OCC2CN(Cc3ccccc3)CCO2)c2ncccc12. The van der Waals surface area contributed by atoms with Gasteiger partial charge in [-0.15, -0.1) is 0 Å². The van der Waals surface area contributed by atoms with E-state index in [1.807, 2.05) is 18.2 Å². The van der Waals surface area contributed by atoms with E-state index in [0.717, 1.165) is 19.2 Å². The number of aromatic nitrogens is 1. The summed E-state index contributed by atoms with van der Waals surface area (Å²) in [6, 6.07) is 15.5. The maximum Gasteiger partial charge on any atom is 0.417 e. The molecule has 7 heteroatoms. The Morgan fingerprint density at radius 2 is 1.90 bits per heavy atom. The third kappa shape index (κ3) is 4.68. The molecule has 152 valence electrons. The van der Waals surface area contributed by atoms with E-state index < -0.39 is 11.7 Å². The van der Waals surface area contributed by atoms with Crippen molar-refractivity contribution in [3.8, 4) is 5.75 Å². The second kappa shape index (κ2) is 8.39. The van der Waals surface area contributed by atoms with Crippen LogP contribution in [0.1, 0.15) is 11.1 Å². The number of halogens is 3. The highest BCUT2D eigenvalue weighted by molar-refractivity contribution is 5.87. The van der Waals surface area contributed by atoms with Gasteiger partial charge in [0.15, 0.2) is 0 Å². The number of morpholine rings is 1. The van der Waals surface area contributed by atoms with Crippen molar-refractivity contribution in [3.63, 3.8) is 0 Å². The summed E-state index contributed by atoms with van der Waals surface area (Å²) in [4.78, 5) is 6.40. The molecule has 1 aromatic heterocycles. The Labute approximate surface area is 166 Å². The summed E-state index contributed by atoms with van der Waals surface area (Å²) in [5.41, 5.74) is 0.724. The molecule has 0 amide bonds. The number of benzene rings is 2. The van der Waals surface area contributed by atoms with Crippen molar-refractivity contribution in [2.75, 3.05) is 26.3 Å². The van der Waals surface area contributed by atoms with E-state index in [2.05, 4.69) is 22.0 Å². The highest BCUT2D eigenvalue weighted by Crippen LogP contribution is 2.37. The van der Waals surface area contributed by atoms with Gasteiger partial charge in [0, 0.05) is 31.2 Å². The topological polar surface area (TPSA) is 34.6 Å². The van der Waals surface area contributed by atoms with Crippen molar-refractivity contribution in [1.29, 1.82) is 0 Å². The molecular formula is C22H21F3N2O2. The molecule has 1 aliphatic rings.